The molecule has 0 amide bonds. The van der Waals surface area contributed by atoms with Crippen LogP contribution in [0, 0.1) is 60.3 Å². The van der Waals surface area contributed by atoms with E-state index in [0.717, 1.165) is 18.7 Å². The van der Waals surface area contributed by atoms with Crippen LogP contribution in [0.5, 0.6) is 0 Å². The van der Waals surface area contributed by atoms with Gasteiger partial charge < -0.3 is 9.47 Å². The Morgan fingerprint density at radius 3 is 2.07 bits per heavy atom. The van der Waals surface area contributed by atoms with Crippen molar-refractivity contribution in [2.45, 2.75) is 58.0 Å². The molecule has 0 saturated heterocycles. The van der Waals surface area contributed by atoms with Crippen molar-refractivity contribution >= 4 is 36.6 Å². The average Bonchev–Trinajstić information content (AvgIpc) is 3.39. The average molecular weight is 553 g/mol. The molecule has 3 aliphatic rings. The van der Waals surface area contributed by atoms with Crippen LogP contribution in [0.2, 0.25) is 19.6 Å². The van der Waals surface area contributed by atoms with Crippen molar-refractivity contribution in [3.8, 4) is 0 Å². The number of nitrogens with zero attached hydrogens (tertiary/aromatic N) is 1. The van der Waals surface area contributed by atoms with E-state index in [4.69, 9.17) is 14.5 Å². The smallest absolute Gasteiger partial charge is 0.478 e. The molecule has 2 aliphatic carbocycles. The van der Waals surface area contributed by atoms with Gasteiger partial charge >= 0.3 is 17.1 Å². The molecule has 0 aromatic rings. The Morgan fingerprint density at radius 1 is 1.11 bits per heavy atom. The van der Waals surface area contributed by atoms with Gasteiger partial charge in [0.2, 0.25) is 0 Å². The molecule has 0 aromatic carbocycles. The van der Waals surface area contributed by atoms with Crippen molar-refractivity contribution in [1.29, 1.82) is 0 Å². The number of rotatable bonds is 6. The third kappa shape index (κ3) is 6.45. The Hall–Kier alpha value is 0.896. The predicted octanol–water partition coefficient (Wildman–Crippen LogP) is 5.42. The number of hydrogen-bond donors (Lipinski definition) is 0. The minimum absolute atomic E-state index is 0. The van der Waals surface area contributed by atoms with Crippen molar-refractivity contribution < 1.29 is 26.5 Å². The molecule has 3 nitrogen and oxygen atoms in total. The van der Waals surface area contributed by atoms with Gasteiger partial charge in [0.25, 0.3) is 0 Å². The van der Waals surface area contributed by atoms with Crippen molar-refractivity contribution in [2.75, 3.05) is 13.7 Å². The van der Waals surface area contributed by atoms with Gasteiger partial charge in [0, 0.05) is 7.11 Å². The van der Waals surface area contributed by atoms with Crippen molar-refractivity contribution in [1.82, 2.24) is 0 Å². The summed E-state index contributed by atoms with van der Waals surface area (Å²) >= 11 is 2.40. The molecule has 154 valence electrons. The van der Waals surface area contributed by atoms with E-state index in [9.17, 15) is 0 Å². The van der Waals surface area contributed by atoms with Crippen LogP contribution in [0.25, 0.3) is 0 Å². The molecular weight excluding hydrogens is 521 g/mol. The topological polar surface area (TPSA) is 30.8 Å². The molecule has 6 heteroatoms. The van der Waals surface area contributed by atoms with Crippen molar-refractivity contribution in [3.05, 3.63) is 60.3 Å². The Morgan fingerprint density at radius 2 is 1.64 bits per heavy atom. The van der Waals surface area contributed by atoms with E-state index >= 15 is 0 Å². The Labute approximate surface area is 199 Å². The number of aliphatic imine (C=N–C) groups is 1. The van der Waals surface area contributed by atoms with Gasteiger partial charge in [-0.25, -0.2) is 4.99 Å². The molecular formula is C22H32FeINO2Si+2. The molecule has 1 aliphatic heterocycles. The van der Waals surface area contributed by atoms with E-state index in [-0.39, 0.29) is 28.7 Å². The van der Waals surface area contributed by atoms with Gasteiger partial charge in [-0.15, -0.1) is 0 Å². The summed E-state index contributed by atoms with van der Waals surface area (Å²) in [5.74, 6) is 2.04. The van der Waals surface area contributed by atoms with E-state index in [1.165, 1.54) is 15.4 Å². The second-order valence-electron chi connectivity index (χ2n) is 7.92. The molecule has 2 fully saturated rings. The van der Waals surface area contributed by atoms with Crippen LogP contribution < -0.4 is 0 Å². The van der Waals surface area contributed by atoms with Gasteiger partial charge in [-0.2, -0.15) is 0 Å². The molecule has 1 atom stereocenters. The van der Waals surface area contributed by atoms with Gasteiger partial charge in [-0.1, -0.05) is 56.1 Å². The van der Waals surface area contributed by atoms with Gasteiger partial charge in [0.1, 0.15) is 12.6 Å². The monoisotopic (exact) mass is 553 g/mol. The number of hydrogen-bond acceptors (Lipinski definition) is 3. The van der Waals surface area contributed by atoms with Crippen molar-refractivity contribution in [2.24, 2.45) is 4.99 Å². The van der Waals surface area contributed by atoms with Crippen LogP contribution >= 0.6 is 22.6 Å². The number of halogens is 1. The van der Waals surface area contributed by atoms with Crippen molar-refractivity contribution in [3.63, 3.8) is 0 Å². The summed E-state index contributed by atoms with van der Waals surface area (Å²) in [4.78, 5) is 4.94. The summed E-state index contributed by atoms with van der Waals surface area (Å²) in [7, 11) is 0.378. The van der Waals surface area contributed by atoms with Crippen LogP contribution in [-0.4, -0.2) is 39.3 Å². The summed E-state index contributed by atoms with van der Waals surface area (Å²) in [5.41, 5.74) is 1.23. The first-order valence-corrected chi connectivity index (χ1v) is 14.3. The van der Waals surface area contributed by atoms with Crippen LogP contribution in [-0.2, 0) is 26.5 Å². The maximum absolute atomic E-state index is 6.03. The van der Waals surface area contributed by atoms with Gasteiger partial charge in [0.15, 0.2) is 5.90 Å². The van der Waals surface area contributed by atoms with Gasteiger partial charge in [-0.3, -0.25) is 0 Å². The Bertz CT molecular complexity index is 474. The first-order valence-electron chi connectivity index (χ1n) is 9.67. The summed E-state index contributed by atoms with van der Waals surface area (Å²) in [6.07, 6.45) is 16.3. The summed E-state index contributed by atoms with van der Waals surface area (Å²) in [6, 6.07) is 0.0858. The predicted molar refractivity (Wildman–Crippen MR) is 125 cm³/mol. The second kappa shape index (κ2) is 12.1. The normalized spacial score (nSPS) is 24.4. The standard InChI is InChI=1S/C17H27INO2Si.C5H5.Fe/c1-7-17(8-2,20-3)14-11-21-16(19-14)15-12(18)9-10-13(15)22(4,5)6;1-2-4-5-3-1;/h9-10,14H,7-8,11H2,1-6H3;1-5H;/q;;+2/t14-;;/m0../s1. The minimum atomic E-state index is -1.41. The number of methoxy groups -OCH3 is 1. The van der Waals surface area contributed by atoms with Gasteiger partial charge in [-0.05, 0) is 63.3 Å². The van der Waals surface area contributed by atoms with Crippen LogP contribution in [0.1, 0.15) is 26.7 Å². The first-order chi connectivity index (χ1) is 12.8. The fourth-order valence-electron chi connectivity index (χ4n) is 3.54. The Balaban J connectivity index is 0.000000567. The minimum Gasteiger partial charge on any atom is -0.478 e. The molecule has 0 N–H and O–H groups in total. The fourth-order valence-corrected chi connectivity index (χ4v) is 6.07. The quantitative estimate of drug-likeness (QED) is 0.325. The Kier molecular flexibility index (Phi) is 11.6. The van der Waals surface area contributed by atoms with E-state index in [1.54, 1.807) is 7.11 Å². The molecule has 0 unspecified atom stereocenters. The summed E-state index contributed by atoms with van der Waals surface area (Å²) in [5, 5.41) is 0. The maximum atomic E-state index is 6.03. The van der Waals surface area contributed by atoms with E-state index in [1.807, 2.05) is 32.1 Å². The maximum Gasteiger partial charge on any atom is 2.00 e. The fraction of sp³-hybridized carbons (Fsp3) is 0.500. The van der Waals surface area contributed by atoms with E-state index in [0.29, 0.717) is 6.61 Å². The third-order valence-electron chi connectivity index (χ3n) is 5.34. The zero-order valence-electron chi connectivity index (χ0n) is 17.7. The van der Waals surface area contributed by atoms with Gasteiger partial charge in [0.05, 0.1) is 23.5 Å². The zero-order valence-corrected chi connectivity index (χ0v) is 22.0. The SMILES string of the molecule is CCC(CC)(OC)[C@@H]1COC([C]2[C](I)[CH][CH][C]2[Si](C)(C)C)=N1.[CH]1[CH][CH][CH][CH]1.[Fe+2]. The first kappa shape index (κ1) is 26.9. The van der Waals surface area contributed by atoms with Crippen LogP contribution in [0.15, 0.2) is 4.99 Å². The molecule has 0 bridgehead atoms. The largest absolute Gasteiger partial charge is 2.00 e. The molecule has 3 rings (SSSR count). The number of ether oxygens (including phenoxy) is 2. The molecule has 2 saturated carbocycles. The molecule has 1 heterocycles. The van der Waals surface area contributed by atoms with E-state index in [2.05, 4.69) is 68.9 Å². The van der Waals surface area contributed by atoms with Crippen LogP contribution in [0.4, 0.5) is 0 Å². The van der Waals surface area contributed by atoms with E-state index < -0.39 is 8.07 Å². The zero-order chi connectivity index (χ0) is 20.1. The molecule has 28 heavy (non-hydrogen) atoms. The molecule has 0 spiro atoms. The summed E-state index contributed by atoms with van der Waals surface area (Å²) < 4.78 is 13.1. The van der Waals surface area contributed by atoms with Crippen LogP contribution in [0.3, 0.4) is 0 Å². The second-order valence-corrected chi connectivity index (χ2v) is 14.1. The summed E-state index contributed by atoms with van der Waals surface area (Å²) in [6.45, 7) is 12.1. The molecule has 0 aromatic heterocycles. The third-order valence-corrected chi connectivity index (χ3v) is 8.28. The molecule has 10 radical (unpaired) electrons.